The summed E-state index contributed by atoms with van der Waals surface area (Å²) in [5.41, 5.74) is 0.553. The first-order valence-corrected chi connectivity index (χ1v) is 11.3. The van der Waals surface area contributed by atoms with Gasteiger partial charge in [0.2, 0.25) is 0 Å². The van der Waals surface area contributed by atoms with Gasteiger partial charge < -0.3 is 10.4 Å². The summed E-state index contributed by atoms with van der Waals surface area (Å²) in [5, 5.41) is 13.4. The smallest absolute Gasteiger partial charge is 0.257 e. The Hall–Kier alpha value is -1.11. The monoisotopic (exact) mass is 398 g/mol. The standard InChI is InChI=1S/C15H21N3O2S.3C2H6/c1-18(20)11-3-5-14(19)15(8-11)21-17-13-9-16-7-6-10-2-4-12(10)13;3*1-2/h3,5,8,10,12-13,16-17H,2,4,6-7,9H2,1H3;3*1-2H3/p+1. The quantitative estimate of drug-likeness (QED) is 0.462. The third-order valence-electron chi connectivity index (χ3n) is 4.68. The number of phenols is 1. The zero-order chi connectivity index (χ0) is 20.8. The first-order valence-electron chi connectivity index (χ1n) is 10.5. The molecular formula is C21H40N3O2S+. The van der Waals surface area contributed by atoms with Crippen LogP contribution < -0.4 is 10.0 Å². The minimum absolute atomic E-state index is 0.213. The predicted octanol–water partition coefficient (Wildman–Crippen LogP) is 5.50. The average Bonchev–Trinajstić information content (AvgIpc) is 2.83. The molecule has 0 spiro atoms. The highest BCUT2D eigenvalue weighted by Crippen LogP contribution is 2.41. The minimum Gasteiger partial charge on any atom is -0.507 e. The summed E-state index contributed by atoms with van der Waals surface area (Å²) >= 11 is 1.43. The molecule has 2 aliphatic rings. The van der Waals surface area contributed by atoms with E-state index in [-0.39, 0.29) is 5.75 Å². The first-order chi connectivity index (χ1) is 13.1. The number of rotatable bonds is 4. The zero-order valence-electron chi connectivity index (χ0n) is 18.2. The Morgan fingerprint density at radius 2 is 1.78 bits per heavy atom. The summed E-state index contributed by atoms with van der Waals surface area (Å²) in [4.78, 5) is 12.1. The summed E-state index contributed by atoms with van der Waals surface area (Å²) < 4.78 is 4.29. The van der Waals surface area contributed by atoms with Crippen LogP contribution in [0, 0.1) is 16.7 Å². The van der Waals surface area contributed by atoms with Crippen LogP contribution in [0.2, 0.25) is 0 Å². The molecule has 5 nitrogen and oxygen atoms in total. The topological polar surface area (TPSA) is 64.4 Å². The summed E-state index contributed by atoms with van der Waals surface area (Å²) in [6, 6.07) is 5.35. The third kappa shape index (κ3) is 7.80. The lowest BCUT2D eigenvalue weighted by Crippen LogP contribution is -2.44. The molecular weight excluding hydrogens is 358 g/mol. The van der Waals surface area contributed by atoms with Crippen molar-refractivity contribution in [3.63, 3.8) is 0 Å². The number of nitrogens with zero attached hydrogens (tertiary/aromatic N) is 1. The Morgan fingerprint density at radius 1 is 1.11 bits per heavy atom. The molecule has 1 saturated heterocycles. The largest absolute Gasteiger partial charge is 0.507 e. The van der Waals surface area contributed by atoms with Gasteiger partial charge in [-0.2, -0.15) is 0 Å². The SMILES string of the molecule is CC.CC.CC.C[N+](=O)c1ccc(O)c(SNC2CNCCC3CCC32)c1. The van der Waals surface area contributed by atoms with Crippen molar-refractivity contribution in [2.24, 2.45) is 11.8 Å². The van der Waals surface area contributed by atoms with Gasteiger partial charge in [-0.1, -0.05) is 41.5 Å². The van der Waals surface area contributed by atoms with E-state index in [2.05, 4.69) is 10.0 Å². The summed E-state index contributed by atoms with van der Waals surface area (Å²) in [7, 11) is 1.46. The molecule has 3 unspecified atom stereocenters. The fraction of sp³-hybridized carbons (Fsp3) is 0.714. The maximum absolute atomic E-state index is 11.4. The molecule has 1 aromatic rings. The molecule has 1 heterocycles. The molecule has 27 heavy (non-hydrogen) atoms. The van der Waals surface area contributed by atoms with Crippen molar-refractivity contribution >= 4 is 17.6 Å². The number of benzene rings is 1. The minimum atomic E-state index is 0.213. The third-order valence-corrected chi connectivity index (χ3v) is 5.64. The second-order valence-corrected chi connectivity index (χ2v) is 6.85. The van der Waals surface area contributed by atoms with Gasteiger partial charge in [-0.25, -0.2) is 0 Å². The molecule has 2 fully saturated rings. The molecule has 3 atom stereocenters. The fourth-order valence-corrected chi connectivity index (χ4v) is 4.12. The van der Waals surface area contributed by atoms with E-state index in [4.69, 9.17) is 0 Å². The number of hydrogen-bond donors (Lipinski definition) is 3. The molecule has 156 valence electrons. The molecule has 1 aromatic carbocycles. The summed E-state index contributed by atoms with van der Waals surface area (Å²) in [6.45, 7) is 14.1. The zero-order valence-corrected chi connectivity index (χ0v) is 19.0. The van der Waals surface area contributed by atoms with E-state index in [0.717, 1.165) is 29.7 Å². The molecule has 3 N–H and O–H groups in total. The predicted molar refractivity (Wildman–Crippen MR) is 118 cm³/mol. The van der Waals surface area contributed by atoms with Gasteiger partial charge in [0.05, 0.1) is 4.90 Å². The number of aromatic hydroxyl groups is 1. The van der Waals surface area contributed by atoms with Crippen LogP contribution in [0.25, 0.3) is 0 Å². The maximum atomic E-state index is 11.4. The lowest BCUT2D eigenvalue weighted by Gasteiger charge is -2.40. The van der Waals surface area contributed by atoms with E-state index in [9.17, 15) is 10.0 Å². The van der Waals surface area contributed by atoms with Gasteiger partial charge >= 0.3 is 0 Å². The second-order valence-electron chi connectivity index (χ2n) is 5.97. The number of hydrogen-bond acceptors (Lipinski definition) is 5. The van der Waals surface area contributed by atoms with Gasteiger partial charge in [0, 0.05) is 34.4 Å². The van der Waals surface area contributed by atoms with Crippen molar-refractivity contribution in [3.05, 3.63) is 23.1 Å². The van der Waals surface area contributed by atoms with Gasteiger partial charge in [-0.05, 0) is 55.7 Å². The number of nitrogens with one attached hydrogen (secondary N) is 2. The van der Waals surface area contributed by atoms with E-state index < -0.39 is 0 Å². The van der Waals surface area contributed by atoms with Crippen LogP contribution in [0.1, 0.15) is 60.8 Å². The van der Waals surface area contributed by atoms with Crippen molar-refractivity contribution in [1.82, 2.24) is 10.0 Å². The van der Waals surface area contributed by atoms with Gasteiger partial charge in [0.15, 0.2) is 7.05 Å². The van der Waals surface area contributed by atoms with E-state index >= 15 is 0 Å². The van der Waals surface area contributed by atoms with Crippen LogP contribution in [0.3, 0.4) is 0 Å². The van der Waals surface area contributed by atoms with E-state index in [1.807, 2.05) is 41.5 Å². The Labute approximate surface area is 170 Å². The summed E-state index contributed by atoms with van der Waals surface area (Å²) in [5.74, 6) is 1.79. The van der Waals surface area contributed by atoms with Crippen LogP contribution >= 0.6 is 11.9 Å². The van der Waals surface area contributed by atoms with Crippen molar-refractivity contribution in [1.29, 1.82) is 0 Å². The molecule has 1 aliphatic heterocycles. The van der Waals surface area contributed by atoms with Crippen molar-refractivity contribution in [2.45, 2.75) is 71.7 Å². The van der Waals surface area contributed by atoms with Crippen molar-refractivity contribution < 1.29 is 9.87 Å². The van der Waals surface area contributed by atoms with Gasteiger partial charge in [0.25, 0.3) is 5.69 Å². The van der Waals surface area contributed by atoms with Crippen LogP contribution in [0.4, 0.5) is 5.69 Å². The molecule has 6 heteroatoms. The maximum Gasteiger partial charge on any atom is 0.257 e. The average molecular weight is 399 g/mol. The Bertz CT molecular complexity index is 540. The Balaban J connectivity index is 0.00000103. The van der Waals surface area contributed by atoms with E-state index in [0.29, 0.717) is 16.6 Å². The molecule has 3 rings (SSSR count). The molecule has 0 aromatic heterocycles. The highest BCUT2D eigenvalue weighted by Gasteiger charge is 2.38. The Morgan fingerprint density at radius 3 is 2.33 bits per heavy atom. The summed E-state index contributed by atoms with van der Waals surface area (Å²) in [6.07, 6.45) is 3.91. The van der Waals surface area contributed by atoms with Crippen LogP contribution in [0.5, 0.6) is 5.75 Å². The van der Waals surface area contributed by atoms with Gasteiger partial charge in [-0.3, -0.25) is 4.72 Å². The lowest BCUT2D eigenvalue weighted by molar-refractivity contribution is -0.428. The highest BCUT2D eigenvalue weighted by atomic mass is 32.2. The van der Waals surface area contributed by atoms with Crippen LogP contribution in [0.15, 0.2) is 23.1 Å². The number of fused-ring (bicyclic) bond motifs is 1. The first kappa shape index (κ1) is 25.9. The molecule has 0 bridgehead atoms. The lowest BCUT2D eigenvalue weighted by atomic mass is 9.69. The normalized spacial score (nSPS) is 22.7. The molecule has 0 amide bonds. The number of nitroso groups, excluding NO2 is 1. The molecule has 1 saturated carbocycles. The highest BCUT2D eigenvalue weighted by molar-refractivity contribution is 7.97. The molecule has 1 aliphatic carbocycles. The van der Waals surface area contributed by atoms with Crippen LogP contribution in [-0.2, 0) is 0 Å². The van der Waals surface area contributed by atoms with Crippen molar-refractivity contribution in [3.8, 4) is 5.75 Å². The fourth-order valence-electron chi connectivity index (χ4n) is 3.23. The Kier molecular flexibility index (Phi) is 14.3. The second kappa shape index (κ2) is 14.9. The van der Waals surface area contributed by atoms with Crippen molar-refractivity contribution in [2.75, 3.05) is 20.1 Å². The van der Waals surface area contributed by atoms with Crippen LogP contribution in [-0.4, -0.2) is 36.0 Å². The van der Waals surface area contributed by atoms with E-state index in [1.54, 1.807) is 18.2 Å². The van der Waals surface area contributed by atoms with E-state index in [1.165, 1.54) is 38.3 Å². The van der Waals surface area contributed by atoms with Gasteiger partial charge in [0.1, 0.15) is 5.75 Å². The van der Waals surface area contributed by atoms with Gasteiger partial charge in [-0.15, -0.1) is 0 Å². The number of phenolic OH excluding ortho intramolecular Hbond substituents is 1. The molecule has 0 radical (unpaired) electrons.